The fourth-order valence-corrected chi connectivity index (χ4v) is 13.0. The van der Waals surface area contributed by atoms with E-state index in [0.29, 0.717) is 0 Å². The van der Waals surface area contributed by atoms with Crippen LogP contribution in [0.5, 0.6) is 0 Å². The Morgan fingerprint density at radius 2 is 1.23 bits per heavy atom. The zero-order valence-corrected chi connectivity index (χ0v) is 28.0. The summed E-state index contributed by atoms with van der Waals surface area (Å²) in [5.74, 6) is 0. The molecule has 0 saturated heterocycles. The molecule has 4 heteroatoms. The molecule has 0 aliphatic rings. The van der Waals surface area contributed by atoms with Gasteiger partial charge in [-0.1, -0.05) is 64.7 Å². The summed E-state index contributed by atoms with van der Waals surface area (Å²) in [6.07, 6.45) is 15.3. The van der Waals surface area contributed by atoms with E-state index in [-0.39, 0.29) is 20.4 Å². The first-order chi connectivity index (χ1) is 19.8. The Bertz CT molecular complexity index is 1900. The van der Waals surface area contributed by atoms with E-state index < -0.39 is 0 Å². The summed E-state index contributed by atoms with van der Waals surface area (Å²) in [7, 11) is 0. The number of fused-ring (bicyclic) bond motifs is 7. The molecule has 4 heterocycles. The van der Waals surface area contributed by atoms with Crippen molar-refractivity contribution in [1.29, 1.82) is 0 Å². The van der Waals surface area contributed by atoms with Crippen LogP contribution < -0.4 is 0 Å². The van der Waals surface area contributed by atoms with Gasteiger partial charge in [-0.05, 0) is 0 Å². The van der Waals surface area contributed by atoms with E-state index in [9.17, 15) is 0 Å². The van der Waals surface area contributed by atoms with Gasteiger partial charge in [-0.3, -0.25) is 0 Å². The third kappa shape index (κ3) is 5.56. The molecular formula is C36H36S3Te. The third-order valence-electron chi connectivity index (χ3n) is 8.24. The number of benzene rings is 3. The minimum atomic E-state index is -0.333. The summed E-state index contributed by atoms with van der Waals surface area (Å²) < 4.78 is 10.6. The van der Waals surface area contributed by atoms with Crippen LogP contribution in [0.2, 0.25) is 0 Å². The molecular weight excluding hydrogens is 656 g/mol. The average molecular weight is 692 g/mol. The summed E-state index contributed by atoms with van der Waals surface area (Å²) in [4.78, 5) is 1.57. The summed E-state index contributed by atoms with van der Waals surface area (Å²) in [6.45, 7) is 2.30. The minimum absolute atomic E-state index is 0.333. The van der Waals surface area contributed by atoms with Crippen LogP contribution in [0, 0.1) is 0 Å². The summed E-state index contributed by atoms with van der Waals surface area (Å²) >= 11 is 5.72. The number of thiophene rings is 3. The van der Waals surface area contributed by atoms with Crippen LogP contribution >= 0.6 is 34.0 Å². The van der Waals surface area contributed by atoms with Crippen molar-refractivity contribution in [2.24, 2.45) is 0 Å². The summed E-state index contributed by atoms with van der Waals surface area (Å²) in [5, 5.41) is 5.86. The molecule has 204 valence electrons. The van der Waals surface area contributed by atoms with Crippen molar-refractivity contribution in [3.05, 3.63) is 71.6 Å². The van der Waals surface area contributed by atoms with Crippen LogP contribution in [0.25, 0.3) is 57.6 Å². The molecule has 40 heavy (non-hydrogen) atoms. The molecule has 4 aromatic heterocycles. The van der Waals surface area contributed by atoms with Gasteiger partial charge in [-0.25, -0.2) is 0 Å². The molecule has 0 aliphatic heterocycles. The first-order valence-electron chi connectivity index (χ1n) is 15.1. The zero-order valence-electron chi connectivity index (χ0n) is 23.3. The number of rotatable bonds is 12. The topological polar surface area (TPSA) is 0 Å². The van der Waals surface area contributed by atoms with Gasteiger partial charge in [0.25, 0.3) is 0 Å². The van der Waals surface area contributed by atoms with Crippen LogP contribution in [-0.2, 0) is 6.42 Å². The first-order valence-corrected chi connectivity index (χ1v) is 19.8. The van der Waals surface area contributed by atoms with E-state index in [0.717, 1.165) is 0 Å². The van der Waals surface area contributed by atoms with Crippen LogP contribution in [0.15, 0.2) is 66.7 Å². The second-order valence-electron chi connectivity index (χ2n) is 11.3. The molecule has 7 rings (SSSR count). The van der Waals surface area contributed by atoms with Crippen LogP contribution in [0.1, 0.15) is 76.0 Å². The van der Waals surface area contributed by atoms with E-state index in [2.05, 4.69) is 73.7 Å². The normalized spacial score (nSPS) is 12.2. The molecule has 0 spiro atoms. The van der Waals surface area contributed by atoms with Crippen molar-refractivity contribution >= 4 is 103 Å². The van der Waals surface area contributed by atoms with Gasteiger partial charge in [-0.15, -0.1) is 0 Å². The van der Waals surface area contributed by atoms with E-state index in [1.165, 1.54) is 121 Å². The molecule has 7 aromatic rings. The molecule has 0 atom stereocenters. The van der Waals surface area contributed by atoms with Crippen molar-refractivity contribution in [1.82, 2.24) is 0 Å². The van der Waals surface area contributed by atoms with Crippen molar-refractivity contribution < 1.29 is 0 Å². The molecule has 0 radical (unpaired) electrons. The molecule has 0 N–H and O–H groups in total. The fourth-order valence-electron chi connectivity index (χ4n) is 6.03. The maximum absolute atomic E-state index is 2.54. The van der Waals surface area contributed by atoms with Gasteiger partial charge in [0.05, 0.1) is 0 Å². The predicted octanol–water partition coefficient (Wildman–Crippen LogP) is 12.8. The van der Waals surface area contributed by atoms with Crippen LogP contribution in [0.4, 0.5) is 0 Å². The second-order valence-corrected chi connectivity index (χ2v) is 17.6. The van der Waals surface area contributed by atoms with Gasteiger partial charge in [0.2, 0.25) is 0 Å². The average Bonchev–Trinajstić information content (AvgIpc) is 3.73. The van der Waals surface area contributed by atoms with Crippen molar-refractivity contribution in [2.75, 3.05) is 0 Å². The fraction of sp³-hybridized carbons (Fsp3) is 0.333. The molecule has 0 aliphatic carbocycles. The number of hydrogen-bond acceptors (Lipinski definition) is 3. The number of aryl methyl sites for hydroxylation is 1. The zero-order chi connectivity index (χ0) is 26.9. The van der Waals surface area contributed by atoms with Gasteiger partial charge in [0.1, 0.15) is 0 Å². The van der Waals surface area contributed by atoms with Gasteiger partial charge < -0.3 is 0 Å². The van der Waals surface area contributed by atoms with E-state index in [4.69, 9.17) is 0 Å². The SMILES string of the molecule is CCCCCCCCCCCCc1cc2cc3sc4c5cc6[te]c(-c7ccccc7)cc6cc5sc4c3cc2s1. The predicted molar refractivity (Wildman–Crippen MR) is 186 cm³/mol. The van der Waals surface area contributed by atoms with Gasteiger partial charge in [0.15, 0.2) is 0 Å². The van der Waals surface area contributed by atoms with Gasteiger partial charge in [-0.2, -0.15) is 0 Å². The summed E-state index contributed by atoms with van der Waals surface area (Å²) in [5.41, 5.74) is 1.41. The molecule has 0 fully saturated rings. The molecule has 0 bridgehead atoms. The van der Waals surface area contributed by atoms with Crippen molar-refractivity contribution in [3.63, 3.8) is 0 Å². The standard InChI is InChI=1S/C36H36S3Te/c1-2-3-4-5-6-7-8-9-10-14-17-27-18-25-19-31-28(22-30(25)37-27)35-36(38-31)29-23-34-26(20-32(29)39-35)21-33(40-34)24-15-12-11-13-16-24/h11-13,15-16,18-23H,2-10,14,17H2,1H3. The Labute approximate surface area is 259 Å². The Kier molecular flexibility index (Phi) is 8.35. The maximum atomic E-state index is 2.54. The first kappa shape index (κ1) is 27.2. The van der Waals surface area contributed by atoms with E-state index in [1.807, 2.05) is 34.0 Å². The summed E-state index contributed by atoms with van der Waals surface area (Å²) in [6, 6.07) is 25.9. The third-order valence-corrected chi connectivity index (χ3v) is 15.2. The van der Waals surface area contributed by atoms with Crippen molar-refractivity contribution in [3.8, 4) is 9.14 Å². The van der Waals surface area contributed by atoms with Crippen LogP contribution in [0.3, 0.4) is 0 Å². The number of hydrogen-bond donors (Lipinski definition) is 0. The van der Waals surface area contributed by atoms with Gasteiger partial charge in [0, 0.05) is 0 Å². The van der Waals surface area contributed by atoms with Crippen LogP contribution in [-0.4, -0.2) is 20.4 Å². The Morgan fingerprint density at radius 1 is 0.575 bits per heavy atom. The second kappa shape index (κ2) is 12.3. The number of unbranched alkanes of at least 4 members (excludes halogenated alkanes) is 9. The molecule has 0 amide bonds. The van der Waals surface area contributed by atoms with E-state index in [1.54, 1.807) is 11.9 Å². The quantitative estimate of drug-likeness (QED) is 0.0883. The molecule has 3 aromatic carbocycles. The Hall–Kier alpha value is -1.67. The molecule has 0 nitrogen and oxygen atoms in total. The Morgan fingerprint density at radius 3 is 1.95 bits per heavy atom. The van der Waals surface area contributed by atoms with Crippen molar-refractivity contribution in [2.45, 2.75) is 77.6 Å². The Balaban J connectivity index is 1.07. The molecule has 0 saturated carbocycles. The molecule has 0 unspecified atom stereocenters. The van der Waals surface area contributed by atoms with Gasteiger partial charge >= 0.3 is 196 Å². The van der Waals surface area contributed by atoms with E-state index >= 15 is 0 Å². The monoisotopic (exact) mass is 694 g/mol.